The van der Waals surface area contributed by atoms with E-state index in [0.717, 1.165) is 38.2 Å². The van der Waals surface area contributed by atoms with Crippen LogP contribution in [0.5, 0.6) is 0 Å². The van der Waals surface area contributed by atoms with E-state index in [-0.39, 0.29) is 11.8 Å². The average molecular weight is 380 g/mol. The molecule has 0 bridgehead atoms. The number of nitrogens with one attached hydrogen (secondary N) is 2. The minimum absolute atomic E-state index is 0.120. The van der Waals surface area contributed by atoms with Gasteiger partial charge in [0.05, 0.1) is 24.6 Å². The van der Waals surface area contributed by atoms with Crippen molar-refractivity contribution in [2.75, 3.05) is 37.7 Å². The second-order valence-corrected chi connectivity index (χ2v) is 7.19. The summed E-state index contributed by atoms with van der Waals surface area (Å²) in [5.74, 6) is -0.0247. The Labute approximate surface area is 163 Å². The summed E-state index contributed by atoms with van der Waals surface area (Å²) in [6, 6.07) is 11.7. The highest BCUT2D eigenvalue weighted by molar-refractivity contribution is 5.94. The first-order valence-electron chi connectivity index (χ1n) is 9.57. The number of amides is 2. The molecule has 2 saturated heterocycles. The van der Waals surface area contributed by atoms with Gasteiger partial charge in [0, 0.05) is 31.9 Å². The van der Waals surface area contributed by atoms with Gasteiger partial charge in [-0.25, -0.2) is 0 Å². The molecule has 2 aromatic rings. The molecule has 3 heterocycles. The van der Waals surface area contributed by atoms with Crippen LogP contribution in [0.4, 0.5) is 5.69 Å². The molecule has 4 rings (SSSR count). The van der Waals surface area contributed by atoms with E-state index in [1.54, 1.807) is 6.07 Å². The fourth-order valence-corrected chi connectivity index (χ4v) is 4.03. The molecule has 1 aromatic heterocycles. The number of carbonyl (C=O) groups excluding carboxylic acids is 2. The zero-order chi connectivity index (χ0) is 19.4. The molecule has 2 N–H and O–H groups in total. The summed E-state index contributed by atoms with van der Waals surface area (Å²) >= 11 is 0. The third kappa shape index (κ3) is 3.55. The van der Waals surface area contributed by atoms with Crippen molar-refractivity contribution in [3.05, 3.63) is 54.4 Å². The van der Waals surface area contributed by atoms with Crippen molar-refractivity contribution in [1.29, 1.82) is 0 Å². The van der Waals surface area contributed by atoms with Crippen molar-refractivity contribution >= 4 is 17.5 Å². The Morgan fingerprint density at radius 1 is 1.14 bits per heavy atom. The smallest absolute Gasteiger partial charge is 0.253 e. The van der Waals surface area contributed by atoms with E-state index in [2.05, 4.69) is 42.8 Å². The fourth-order valence-electron chi connectivity index (χ4n) is 4.03. The van der Waals surface area contributed by atoms with Crippen LogP contribution in [-0.4, -0.2) is 65.3 Å². The fraction of sp³-hybridized carbons (Fsp3) is 0.400. The van der Waals surface area contributed by atoms with Crippen LogP contribution < -0.4 is 15.5 Å². The number of para-hydroxylation sites is 1. The second kappa shape index (κ2) is 7.93. The lowest BCUT2D eigenvalue weighted by atomic mass is 9.85. The molecule has 1 spiro atoms. The van der Waals surface area contributed by atoms with Crippen molar-refractivity contribution in [2.45, 2.75) is 18.4 Å². The normalized spacial score (nSPS) is 18.9. The van der Waals surface area contributed by atoms with Gasteiger partial charge >= 0.3 is 0 Å². The molecule has 2 aliphatic heterocycles. The van der Waals surface area contributed by atoms with Crippen LogP contribution >= 0.6 is 0 Å². The topological polar surface area (TPSA) is 90.5 Å². The molecule has 0 saturated carbocycles. The standard InChI is InChI=1S/C20H24N6O2/c27-18(16-6-9-23-24-14-16)21-10-13-25-11-7-20(8-12-25)19(28)22-15-26(20)17-4-2-1-3-5-17/h1-6,9,14H,7-8,10-13,15H2,(H,21,27)(H,22,28). The first-order valence-corrected chi connectivity index (χ1v) is 9.57. The van der Waals surface area contributed by atoms with Crippen LogP contribution in [0, 0.1) is 0 Å². The van der Waals surface area contributed by atoms with E-state index in [0.29, 0.717) is 18.8 Å². The summed E-state index contributed by atoms with van der Waals surface area (Å²) in [5, 5.41) is 13.3. The Hall–Kier alpha value is -3.00. The lowest BCUT2D eigenvalue weighted by molar-refractivity contribution is -0.125. The predicted molar refractivity (Wildman–Crippen MR) is 105 cm³/mol. The maximum absolute atomic E-state index is 12.7. The van der Waals surface area contributed by atoms with E-state index in [4.69, 9.17) is 0 Å². The van der Waals surface area contributed by atoms with Crippen molar-refractivity contribution in [1.82, 2.24) is 25.7 Å². The van der Waals surface area contributed by atoms with E-state index >= 15 is 0 Å². The van der Waals surface area contributed by atoms with Crippen molar-refractivity contribution in [3.63, 3.8) is 0 Å². The lowest BCUT2D eigenvalue weighted by Gasteiger charge is -2.43. The van der Waals surface area contributed by atoms with E-state index in [1.807, 2.05) is 18.2 Å². The number of nitrogens with zero attached hydrogens (tertiary/aromatic N) is 4. The van der Waals surface area contributed by atoms with Gasteiger partial charge in [0.25, 0.3) is 5.91 Å². The molecule has 146 valence electrons. The number of piperidine rings is 1. The Bertz CT molecular complexity index is 821. The number of anilines is 1. The summed E-state index contributed by atoms with van der Waals surface area (Å²) in [6.45, 7) is 3.52. The number of aromatic nitrogens is 2. The van der Waals surface area contributed by atoms with Crippen molar-refractivity contribution in [3.8, 4) is 0 Å². The van der Waals surface area contributed by atoms with E-state index < -0.39 is 5.54 Å². The van der Waals surface area contributed by atoms with Crippen molar-refractivity contribution in [2.24, 2.45) is 0 Å². The van der Waals surface area contributed by atoms with Crippen LogP contribution in [0.3, 0.4) is 0 Å². The number of hydrogen-bond donors (Lipinski definition) is 2. The molecule has 0 aliphatic carbocycles. The van der Waals surface area contributed by atoms with Gasteiger partial charge in [0.2, 0.25) is 5.91 Å². The molecule has 28 heavy (non-hydrogen) atoms. The van der Waals surface area contributed by atoms with Gasteiger partial charge in [-0.05, 0) is 31.0 Å². The highest BCUT2D eigenvalue weighted by Gasteiger charge is 2.50. The van der Waals surface area contributed by atoms with Gasteiger partial charge in [-0.3, -0.25) is 9.59 Å². The van der Waals surface area contributed by atoms with Crippen LogP contribution in [0.2, 0.25) is 0 Å². The molecule has 0 unspecified atom stereocenters. The molecule has 0 radical (unpaired) electrons. The Morgan fingerprint density at radius 3 is 2.64 bits per heavy atom. The van der Waals surface area contributed by atoms with Gasteiger partial charge in [-0.1, -0.05) is 18.2 Å². The summed E-state index contributed by atoms with van der Waals surface area (Å²) in [5.41, 5.74) is 1.12. The molecule has 8 heteroatoms. The summed E-state index contributed by atoms with van der Waals surface area (Å²) < 4.78 is 0. The SMILES string of the molecule is O=C(NCCN1CCC2(CC1)C(=O)NCN2c1ccccc1)c1ccnnc1. The van der Waals surface area contributed by atoms with Crippen LogP contribution in [0.1, 0.15) is 23.2 Å². The average Bonchev–Trinajstić information content (AvgIpc) is 3.06. The molecule has 2 aliphatic rings. The lowest BCUT2D eigenvalue weighted by Crippen LogP contribution is -2.57. The molecule has 1 aromatic carbocycles. The molecule has 8 nitrogen and oxygen atoms in total. The highest BCUT2D eigenvalue weighted by Crippen LogP contribution is 2.35. The Balaban J connectivity index is 1.31. The molecule has 2 amide bonds. The number of hydrogen-bond acceptors (Lipinski definition) is 6. The van der Waals surface area contributed by atoms with Crippen LogP contribution in [-0.2, 0) is 4.79 Å². The van der Waals surface area contributed by atoms with Gasteiger partial charge in [0.15, 0.2) is 0 Å². The minimum Gasteiger partial charge on any atom is -0.351 e. The summed E-state index contributed by atoms with van der Waals surface area (Å²) in [4.78, 5) is 29.2. The largest absolute Gasteiger partial charge is 0.351 e. The van der Waals surface area contributed by atoms with Gasteiger partial charge in [-0.15, -0.1) is 0 Å². The zero-order valence-corrected chi connectivity index (χ0v) is 15.7. The molecule has 2 fully saturated rings. The predicted octanol–water partition coefficient (Wildman–Crippen LogP) is 0.635. The molecular formula is C20H24N6O2. The third-order valence-corrected chi connectivity index (χ3v) is 5.65. The maximum atomic E-state index is 12.7. The van der Waals surface area contributed by atoms with Gasteiger partial charge < -0.3 is 20.4 Å². The summed E-state index contributed by atoms with van der Waals surface area (Å²) in [6.07, 6.45) is 4.51. The number of rotatable bonds is 5. The number of carbonyl (C=O) groups is 2. The van der Waals surface area contributed by atoms with E-state index in [1.165, 1.54) is 12.4 Å². The van der Waals surface area contributed by atoms with Crippen LogP contribution in [0.25, 0.3) is 0 Å². The van der Waals surface area contributed by atoms with Crippen molar-refractivity contribution < 1.29 is 9.59 Å². The molecule has 0 atom stereocenters. The number of likely N-dealkylation sites (tertiary alicyclic amines) is 1. The first kappa shape index (κ1) is 18.4. The van der Waals surface area contributed by atoms with E-state index in [9.17, 15) is 9.59 Å². The molecular weight excluding hydrogens is 356 g/mol. The highest BCUT2D eigenvalue weighted by atomic mass is 16.2. The summed E-state index contributed by atoms with van der Waals surface area (Å²) in [7, 11) is 0. The van der Waals surface area contributed by atoms with Crippen LogP contribution in [0.15, 0.2) is 48.8 Å². The second-order valence-electron chi connectivity index (χ2n) is 7.19. The first-order chi connectivity index (χ1) is 13.7. The third-order valence-electron chi connectivity index (χ3n) is 5.65. The quantitative estimate of drug-likeness (QED) is 0.791. The zero-order valence-electron chi connectivity index (χ0n) is 15.7. The maximum Gasteiger partial charge on any atom is 0.253 e. The van der Waals surface area contributed by atoms with Gasteiger partial charge in [0.1, 0.15) is 5.54 Å². The monoisotopic (exact) mass is 380 g/mol. The minimum atomic E-state index is -0.468. The Morgan fingerprint density at radius 2 is 1.93 bits per heavy atom. The van der Waals surface area contributed by atoms with Gasteiger partial charge in [-0.2, -0.15) is 10.2 Å². The Kier molecular flexibility index (Phi) is 5.21. The number of benzene rings is 1.